The number of para-hydroxylation sites is 1. The van der Waals surface area contributed by atoms with E-state index in [0.29, 0.717) is 0 Å². The minimum atomic E-state index is 0.723. The second-order valence-corrected chi connectivity index (χ2v) is 5.95. The Balaban J connectivity index is 1.61. The first-order valence-corrected chi connectivity index (χ1v) is 7.98. The topological polar surface area (TPSA) is 69.9 Å². The van der Waals surface area contributed by atoms with E-state index in [-0.39, 0.29) is 0 Å². The molecule has 0 amide bonds. The molecule has 0 aliphatic carbocycles. The Morgan fingerprint density at radius 1 is 0.840 bits per heavy atom. The molecule has 0 bridgehead atoms. The number of benzene rings is 3. The predicted octanol–water partition coefficient (Wildman–Crippen LogP) is 4.42. The zero-order valence-electron chi connectivity index (χ0n) is 13.3. The van der Waals surface area contributed by atoms with Crippen molar-refractivity contribution in [2.45, 2.75) is 0 Å². The molecule has 0 spiro atoms. The second kappa shape index (κ2) is 5.21. The lowest BCUT2D eigenvalue weighted by molar-refractivity contribution is 0.669. The molecular weight excluding hydrogens is 312 g/mol. The van der Waals surface area contributed by atoms with Gasteiger partial charge in [0.05, 0.1) is 11.9 Å². The first-order chi connectivity index (χ1) is 12.3. The summed E-state index contributed by atoms with van der Waals surface area (Å²) in [5, 5.41) is 10.7. The van der Waals surface area contributed by atoms with E-state index in [1.807, 2.05) is 60.8 Å². The Kier molecular flexibility index (Phi) is 2.87. The number of fused-ring (bicyclic) bond motifs is 3. The van der Waals surface area contributed by atoms with Crippen molar-refractivity contribution in [2.24, 2.45) is 0 Å². The van der Waals surface area contributed by atoms with Crippen LogP contribution in [0.4, 0.5) is 5.69 Å². The van der Waals surface area contributed by atoms with E-state index < -0.39 is 0 Å². The quantitative estimate of drug-likeness (QED) is 0.488. The highest BCUT2D eigenvalue weighted by Gasteiger charge is 2.10. The van der Waals surface area contributed by atoms with Crippen LogP contribution in [-0.4, -0.2) is 15.0 Å². The van der Waals surface area contributed by atoms with Crippen LogP contribution in [0, 0.1) is 0 Å². The van der Waals surface area contributed by atoms with Gasteiger partial charge in [0.2, 0.25) is 0 Å². The van der Waals surface area contributed by atoms with Gasteiger partial charge in [-0.05, 0) is 48.5 Å². The van der Waals surface area contributed by atoms with Crippen molar-refractivity contribution in [1.29, 1.82) is 0 Å². The molecule has 5 nitrogen and oxygen atoms in total. The Labute approximate surface area is 143 Å². The molecule has 0 aliphatic rings. The van der Waals surface area contributed by atoms with Crippen molar-refractivity contribution in [3.63, 3.8) is 0 Å². The van der Waals surface area contributed by atoms with Gasteiger partial charge in [-0.15, -0.1) is 5.10 Å². The lowest BCUT2D eigenvalue weighted by Crippen LogP contribution is -1.95. The second-order valence-electron chi connectivity index (χ2n) is 5.95. The molecule has 2 N–H and O–H groups in total. The molecule has 5 aromatic rings. The van der Waals surface area contributed by atoms with Crippen LogP contribution >= 0.6 is 0 Å². The van der Waals surface area contributed by atoms with E-state index >= 15 is 0 Å². The smallest absolute Gasteiger partial charge is 0.135 e. The van der Waals surface area contributed by atoms with Gasteiger partial charge >= 0.3 is 0 Å². The molecule has 120 valence electrons. The number of rotatable bonds is 2. The molecule has 0 atom stereocenters. The van der Waals surface area contributed by atoms with Crippen LogP contribution in [0.1, 0.15) is 0 Å². The number of aromatic nitrogens is 3. The number of hydrogen-bond acceptors (Lipinski definition) is 4. The maximum absolute atomic E-state index is 5.88. The Hall–Kier alpha value is -3.60. The maximum Gasteiger partial charge on any atom is 0.135 e. The molecule has 0 aliphatic heterocycles. The van der Waals surface area contributed by atoms with Gasteiger partial charge in [-0.2, -0.15) is 0 Å². The molecule has 0 saturated heterocycles. The summed E-state index contributed by atoms with van der Waals surface area (Å²) in [5.74, 6) is 0. The molecule has 5 heteroatoms. The van der Waals surface area contributed by atoms with E-state index in [2.05, 4.69) is 22.4 Å². The van der Waals surface area contributed by atoms with Crippen molar-refractivity contribution < 1.29 is 4.42 Å². The third-order valence-electron chi connectivity index (χ3n) is 4.32. The summed E-state index contributed by atoms with van der Waals surface area (Å²) in [7, 11) is 0. The van der Waals surface area contributed by atoms with E-state index in [1.54, 1.807) is 4.68 Å². The Bertz CT molecular complexity index is 1200. The van der Waals surface area contributed by atoms with Gasteiger partial charge in [0.1, 0.15) is 16.9 Å². The minimum Gasteiger partial charge on any atom is -0.456 e. The Morgan fingerprint density at radius 3 is 2.52 bits per heavy atom. The van der Waals surface area contributed by atoms with Gasteiger partial charge in [-0.1, -0.05) is 23.4 Å². The van der Waals surface area contributed by atoms with Crippen molar-refractivity contribution in [3.05, 3.63) is 72.9 Å². The van der Waals surface area contributed by atoms with Crippen LogP contribution < -0.4 is 5.73 Å². The van der Waals surface area contributed by atoms with Crippen molar-refractivity contribution >= 4 is 27.6 Å². The van der Waals surface area contributed by atoms with Crippen LogP contribution in [0.2, 0.25) is 0 Å². The number of nitrogens with zero attached hydrogens (tertiary/aromatic N) is 3. The van der Waals surface area contributed by atoms with Crippen molar-refractivity contribution in [1.82, 2.24) is 15.0 Å². The van der Waals surface area contributed by atoms with Crippen LogP contribution in [-0.2, 0) is 0 Å². The van der Waals surface area contributed by atoms with Crippen LogP contribution in [0.5, 0.6) is 0 Å². The molecule has 2 aromatic heterocycles. The normalized spacial score (nSPS) is 11.4. The third kappa shape index (κ3) is 2.25. The summed E-state index contributed by atoms with van der Waals surface area (Å²) in [4.78, 5) is 0. The summed E-state index contributed by atoms with van der Waals surface area (Å²) in [6.07, 6.45) is 1.91. The monoisotopic (exact) mass is 326 g/mol. The lowest BCUT2D eigenvalue weighted by Gasteiger charge is -2.00. The number of furan rings is 1. The third-order valence-corrected chi connectivity index (χ3v) is 4.32. The molecule has 2 heterocycles. The van der Waals surface area contributed by atoms with Gasteiger partial charge in [0.25, 0.3) is 0 Å². The van der Waals surface area contributed by atoms with Crippen molar-refractivity contribution in [2.75, 3.05) is 5.73 Å². The van der Waals surface area contributed by atoms with Crippen LogP contribution in [0.25, 0.3) is 38.9 Å². The summed E-state index contributed by atoms with van der Waals surface area (Å²) in [6, 6.07) is 21.6. The number of hydrogen-bond donors (Lipinski definition) is 1. The van der Waals surface area contributed by atoms with E-state index in [1.165, 1.54) is 0 Å². The fourth-order valence-corrected chi connectivity index (χ4v) is 3.03. The van der Waals surface area contributed by atoms with E-state index in [0.717, 1.165) is 44.6 Å². The summed E-state index contributed by atoms with van der Waals surface area (Å²) < 4.78 is 7.62. The van der Waals surface area contributed by atoms with E-state index in [4.69, 9.17) is 10.2 Å². The molecule has 25 heavy (non-hydrogen) atoms. The highest BCUT2D eigenvalue weighted by molar-refractivity contribution is 6.06. The summed E-state index contributed by atoms with van der Waals surface area (Å²) in [6.45, 7) is 0. The standard InChI is InChI=1S/C20H14N4O/c21-14-6-8-15(9-7-14)24-12-18(22-23-24)13-5-10-20-17(11-13)16-3-1-2-4-19(16)25-20/h1-12H,21H2. The first kappa shape index (κ1) is 13.8. The Morgan fingerprint density at radius 2 is 1.64 bits per heavy atom. The molecule has 0 fully saturated rings. The highest BCUT2D eigenvalue weighted by atomic mass is 16.3. The number of nitrogen functional groups attached to an aromatic ring is 1. The SMILES string of the molecule is Nc1ccc(-n2cc(-c3ccc4oc5ccccc5c4c3)nn2)cc1. The van der Waals surface area contributed by atoms with Gasteiger partial charge < -0.3 is 10.2 Å². The average Bonchev–Trinajstić information content (AvgIpc) is 3.26. The molecular formula is C20H14N4O. The van der Waals surface area contributed by atoms with Crippen molar-refractivity contribution in [3.8, 4) is 16.9 Å². The molecule has 0 unspecified atom stereocenters. The number of anilines is 1. The minimum absolute atomic E-state index is 0.723. The van der Waals surface area contributed by atoms with Crippen LogP contribution in [0.15, 0.2) is 77.3 Å². The summed E-state index contributed by atoms with van der Waals surface area (Å²) in [5.41, 5.74) is 10.9. The summed E-state index contributed by atoms with van der Waals surface area (Å²) >= 11 is 0. The van der Waals surface area contributed by atoms with Crippen LogP contribution in [0.3, 0.4) is 0 Å². The fourth-order valence-electron chi connectivity index (χ4n) is 3.03. The van der Waals surface area contributed by atoms with Gasteiger partial charge in [-0.25, -0.2) is 4.68 Å². The maximum atomic E-state index is 5.88. The molecule has 5 rings (SSSR count). The highest BCUT2D eigenvalue weighted by Crippen LogP contribution is 2.31. The first-order valence-electron chi connectivity index (χ1n) is 7.98. The largest absolute Gasteiger partial charge is 0.456 e. The number of nitrogens with two attached hydrogens (primary N) is 1. The van der Waals surface area contributed by atoms with Gasteiger partial charge in [0.15, 0.2) is 0 Å². The zero-order valence-corrected chi connectivity index (χ0v) is 13.3. The van der Waals surface area contributed by atoms with Gasteiger partial charge in [0, 0.05) is 22.0 Å². The average molecular weight is 326 g/mol. The van der Waals surface area contributed by atoms with Gasteiger partial charge in [-0.3, -0.25) is 0 Å². The predicted molar refractivity (Wildman–Crippen MR) is 98.5 cm³/mol. The zero-order chi connectivity index (χ0) is 16.8. The molecule has 3 aromatic carbocycles. The lowest BCUT2D eigenvalue weighted by atomic mass is 10.1. The van der Waals surface area contributed by atoms with E-state index in [9.17, 15) is 0 Å². The molecule has 0 radical (unpaired) electrons. The molecule has 0 saturated carbocycles. The fraction of sp³-hybridized carbons (Fsp3) is 0.